The molecule has 1 aliphatic heterocycles. The summed E-state index contributed by atoms with van der Waals surface area (Å²) in [5.41, 5.74) is 2.90. The summed E-state index contributed by atoms with van der Waals surface area (Å²) in [4.78, 5) is 11.3. The van der Waals surface area contributed by atoms with Crippen molar-refractivity contribution in [1.29, 1.82) is 0 Å². The van der Waals surface area contributed by atoms with Crippen LogP contribution in [-0.4, -0.2) is 41.4 Å². The summed E-state index contributed by atoms with van der Waals surface area (Å²) in [5, 5.41) is 9.60. The fraction of sp³-hybridized carbons (Fsp3) is 0.222. The number of hydrogen-bond acceptors (Lipinski definition) is 5. The molecule has 1 fully saturated rings. The van der Waals surface area contributed by atoms with Crippen molar-refractivity contribution in [2.75, 3.05) is 31.2 Å². The van der Waals surface area contributed by atoms with Gasteiger partial charge in [0.05, 0.1) is 30.4 Å². The average Bonchev–Trinajstić information content (AvgIpc) is 2.61. The van der Waals surface area contributed by atoms with Crippen molar-refractivity contribution in [1.82, 2.24) is 9.97 Å². The summed E-state index contributed by atoms with van der Waals surface area (Å²) < 4.78 is 18.9. The Morgan fingerprint density at radius 3 is 2.62 bits per heavy atom. The minimum atomic E-state index is -0.474. The van der Waals surface area contributed by atoms with Gasteiger partial charge in [-0.25, -0.2) is 9.37 Å². The zero-order valence-electron chi connectivity index (χ0n) is 12.9. The number of fused-ring (bicyclic) bond motifs is 1. The van der Waals surface area contributed by atoms with Gasteiger partial charge in [0, 0.05) is 19.2 Å². The fourth-order valence-electron chi connectivity index (χ4n) is 2.87. The van der Waals surface area contributed by atoms with Crippen LogP contribution in [0.2, 0.25) is 0 Å². The number of benzene rings is 2. The molecule has 3 aromatic rings. The van der Waals surface area contributed by atoms with Gasteiger partial charge in [-0.3, -0.25) is 4.98 Å². The van der Waals surface area contributed by atoms with Gasteiger partial charge in [0.25, 0.3) is 0 Å². The highest BCUT2D eigenvalue weighted by molar-refractivity contribution is 5.82. The maximum atomic E-state index is 13.5. The molecule has 1 aromatic heterocycles. The molecule has 0 unspecified atom stereocenters. The number of anilines is 1. The monoisotopic (exact) mass is 325 g/mol. The molecule has 24 heavy (non-hydrogen) atoms. The maximum absolute atomic E-state index is 13.5. The van der Waals surface area contributed by atoms with Crippen LogP contribution in [0.1, 0.15) is 0 Å². The van der Waals surface area contributed by atoms with Crippen LogP contribution in [0.4, 0.5) is 10.2 Å². The maximum Gasteiger partial charge on any atom is 0.148 e. The molecule has 4 rings (SSSR count). The SMILES string of the molecule is Oc1cc(F)cc(-c2ccc3ncc(N4CCOCC4)nc3c2)c1. The molecule has 0 bridgehead atoms. The number of morpholine rings is 1. The number of aromatic nitrogens is 2. The highest BCUT2D eigenvalue weighted by atomic mass is 19.1. The number of phenolic OH excluding ortho intramolecular Hbond substituents is 1. The average molecular weight is 325 g/mol. The summed E-state index contributed by atoms with van der Waals surface area (Å²) in [6.45, 7) is 2.94. The van der Waals surface area contributed by atoms with Crippen LogP contribution in [0, 0.1) is 5.82 Å². The van der Waals surface area contributed by atoms with Gasteiger partial charge in [0.15, 0.2) is 0 Å². The van der Waals surface area contributed by atoms with Gasteiger partial charge in [0.2, 0.25) is 0 Å². The van der Waals surface area contributed by atoms with Crippen LogP contribution in [-0.2, 0) is 4.74 Å². The van der Waals surface area contributed by atoms with Crippen molar-refractivity contribution in [2.45, 2.75) is 0 Å². The molecule has 0 saturated carbocycles. The van der Waals surface area contributed by atoms with Gasteiger partial charge in [-0.15, -0.1) is 0 Å². The van der Waals surface area contributed by atoms with E-state index in [1.165, 1.54) is 12.1 Å². The first-order valence-corrected chi connectivity index (χ1v) is 7.78. The van der Waals surface area contributed by atoms with Crippen molar-refractivity contribution in [3.8, 4) is 16.9 Å². The molecule has 122 valence electrons. The molecular weight excluding hydrogens is 309 g/mol. The first-order chi connectivity index (χ1) is 11.7. The summed E-state index contributed by atoms with van der Waals surface area (Å²) in [7, 11) is 0. The van der Waals surface area contributed by atoms with Gasteiger partial charge in [-0.05, 0) is 35.4 Å². The molecule has 0 spiro atoms. The fourth-order valence-corrected chi connectivity index (χ4v) is 2.87. The van der Waals surface area contributed by atoms with Crippen LogP contribution in [0.5, 0.6) is 5.75 Å². The number of rotatable bonds is 2. The standard InChI is InChI=1S/C18H16FN3O2/c19-14-7-13(8-15(23)10-14)12-1-2-16-17(9-12)21-18(11-20-16)22-3-5-24-6-4-22/h1-2,7-11,23H,3-6H2. The Balaban J connectivity index is 1.75. The van der Waals surface area contributed by atoms with E-state index in [1.807, 2.05) is 18.2 Å². The second kappa shape index (κ2) is 6.05. The van der Waals surface area contributed by atoms with Crippen molar-refractivity contribution in [3.63, 3.8) is 0 Å². The summed E-state index contributed by atoms with van der Waals surface area (Å²) in [6, 6.07) is 9.56. The van der Waals surface area contributed by atoms with Crippen molar-refractivity contribution >= 4 is 16.9 Å². The molecule has 5 nitrogen and oxygen atoms in total. The molecule has 0 amide bonds. The zero-order chi connectivity index (χ0) is 16.5. The third-order valence-corrected chi connectivity index (χ3v) is 4.08. The Bertz CT molecular complexity index is 874. The van der Waals surface area contributed by atoms with E-state index in [9.17, 15) is 9.50 Å². The predicted molar refractivity (Wildman–Crippen MR) is 89.6 cm³/mol. The number of hydrogen-bond donors (Lipinski definition) is 1. The second-order valence-electron chi connectivity index (χ2n) is 5.73. The van der Waals surface area contributed by atoms with Gasteiger partial charge >= 0.3 is 0 Å². The van der Waals surface area contributed by atoms with E-state index < -0.39 is 5.82 Å². The molecule has 2 aromatic carbocycles. The Morgan fingerprint density at radius 1 is 1.00 bits per heavy atom. The van der Waals surface area contributed by atoms with Crippen LogP contribution >= 0.6 is 0 Å². The summed E-state index contributed by atoms with van der Waals surface area (Å²) in [6.07, 6.45) is 1.77. The van der Waals surface area contributed by atoms with E-state index in [0.29, 0.717) is 18.8 Å². The molecular formula is C18H16FN3O2. The lowest BCUT2D eigenvalue weighted by atomic mass is 10.0. The molecule has 2 heterocycles. The number of nitrogens with zero attached hydrogens (tertiary/aromatic N) is 3. The first-order valence-electron chi connectivity index (χ1n) is 7.78. The molecule has 1 N–H and O–H groups in total. The number of phenols is 1. The molecule has 1 aliphatic rings. The smallest absolute Gasteiger partial charge is 0.148 e. The van der Waals surface area contributed by atoms with Crippen molar-refractivity contribution in [2.24, 2.45) is 0 Å². The van der Waals surface area contributed by atoms with Gasteiger partial charge < -0.3 is 14.7 Å². The Hall–Kier alpha value is -2.73. The number of halogens is 1. The Labute approximate surface area is 138 Å². The molecule has 1 saturated heterocycles. The van der Waals surface area contributed by atoms with E-state index >= 15 is 0 Å². The minimum Gasteiger partial charge on any atom is -0.508 e. The van der Waals surface area contributed by atoms with Crippen LogP contribution in [0.25, 0.3) is 22.2 Å². The Kier molecular flexibility index (Phi) is 3.74. The van der Waals surface area contributed by atoms with E-state index in [0.717, 1.165) is 41.6 Å². The zero-order valence-corrected chi connectivity index (χ0v) is 12.9. The summed E-state index contributed by atoms with van der Waals surface area (Å²) >= 11 is 0. The van der Waals surface area contributed by atoms with Crippen LogP contribution in [0.15, 0.2) is 42.6 Å². The Morgan fingerprint density at radius 2 is 1.83 bits per heavy atom. The van der Waals surface area contributed by atoms with Gasteiger partial charge in [-0.1, -0.05) is 6.07 Å². The first kappa shape index (κ1) is 14.8. The summed E-state index contributed by atoms with van der Waals surface area (Å²) in [5.74, 6) is 0.238. The molecule has 0 atom stereocenters. The lowest BCUT2D eigenvalue weighted by Gasteiger charge is -2.27. The van der Waals surface area contributed by atoms with Gasteiger partial charge in [-0.2, -0.15) is 0 Å². The van der Waals surface area contributed by atoms with E-state index in [4.69, 9.17) is 4.74 Å². The highest BCUT2D eigenvalue weighted by Gasteiger charge is 2.13. The van der Waals surface area contributed by atoms with E-state index in [2.05, 4.69) is 14.9 Å². The lowest BCUT2D eigenvalue weighted by molar-refractivity contribution is 0.122. The van der Waals surface area contributed by atoms with Gasteiger partial charge in [0.1, 0.15) is 17.4 Å². The third-order valence-electron chi connectivity index (χ3n) is 4.08. The topological polar surface area (TPSA) is 58.5 Å². The lowest BCUT2D eigenvalue weighted by Crippen LogP contribution is -2.36. The van der Waals surface area contributed by atoms with Crippen molar-refractivity contribution < 1.29 is 14.2 Å². The van der Waals surface area contributed by atoms with Crippen LogP contribution < -0.4 is 4.90 Å². The number of aromatic hydroxyl groups is 1. The third kappa shape index (κ3) is 2.88. The normalized spacial score (nSPS) is 15.0. The predicted octanol–water partition coefficient (Wildman–Crippen LogP) is 2.98. The van der Waals surface area contributed by atoms with E-state index in [1.54, 1.807) is 6.20 Å². The molecule has 6 heteroatoms. The highest BCUT2D eigenvalue weighted by Crippen LogP contribution is 2.27. The molecule has 0 aliphatic carbocycles. The molecule has 0 radical (unpaired) electrons. The van der Waals surface area contributed by atoms with Crippen LogP contribution in [0.3, 0.4) is 0 Å². The number of ether oxygens (including phenoxy) is 1. The largest absolute Gasteiger partial charge is 0.508 e. The van der Waals surface area contributed by atoms with Crippen molar-refractivity contribution in [3.05, 3.63) is 48.4 Å². The van der Waals surface area contributed by atoms with E-state index in [-0.39, 0.29) is 5.75 Å². The minimum absolute atomic E-state index is 0.0988. The quantitative estimate of drug-likeness (QED) is 0.785. The second-order valence-corrected chi connectivity index (χ2v) is 5.73.